The summed E-state index contributed by atoms with van der Waals surface area (Å²) in [5, 5.41) is 6.38. The predicted molar refractivity (Wildman–Crippen MR) is 84.4 cm³/mol. The van der Waals surface area contributed by atoms with Gasteiger partial charge in [0, 0.05) is 25.0 Å². The number of hydrogen-bond acceptors (Lipinski definition) is 3. The van der Waals surface area contributed by atoms with E-state index in [1.807, 2.05) is 26.0 Å². The molecule has 1 saturated carbocycles. The van der Waals surface area contributed by atoms with Crippen molar-refractivity contribution in [2.75, 3.05) is 13.1 Å². The zero-order valence-electron chi connectivity index (χ0n) is 13.2. The van der Waals surface area contributed by atoms with Crippen LogP contribution in [0.3, 0.4) is 0 Å². The van der Waals surface area contributed by atoms with Gasteiger partial charge in [-0.05, 0) is 51.3 Å². The van der Waals surface area contributed by atoms with Crippen LogP contribution in [0, 0.1) is 5.92 Å². The first-order chi connectivity index (χ1) is 10.1. The monoisotopic (exact) mass is 290 g/mol. The summed E-state index contributed by atoms with van der Waals surface area (Å²) in [6.07, 6.45) is 2.31. The van der Waals surface area contributed by atoms with Crippen LogP contribution in [0.25, 0.3) is 0 Å². The molecule has 2 N–H and O–H groups in total. The summed E-state index contributed by atoms with van der Waals surface area (Å²) in [6, 6.07) is 8.43. The molecule has 1 aromatic carbocycles. The Morgan fingerprint density at radius 2 is 1.86 bits per heavy atom. The number of benzene rings is 1. The van der Waals surface area contributed by atoms with Crippen LogP contribution in [-0.4, -0.2) is 25.1 Å². The molecule has 4 nitrogen and oxygen atoms in total. The topological polar surface area (TPSA) is 50.4 Å². The molecular weight excluding hydrogens is 264 g/mol. The SMILES string of the molecule is CC(C)Oc1ccc(C(C)NCCNC(=O)C2CC2)cc1. The number of hydrogen-bond donors (Lipinski definition) is 2. The van der Waals surface area contributed by atoms with Crippen molar-refractivity contribution in [2.24, 2.45) is 5.92 Å². The Hall–Kier alpha value is -1.55. The first-order valence-corrected chi connectivity index (χ1v) is 7.84. The third kappa shape index (κ3) is 5.38. The van der Waals surface area contributed by atoms with Gasteiger partial charge in [0.1, 0.15) is 5.75 Å². The molecule has 0 heterocycles. The fourth-order valence-corrected chi connectivity index (χ4v) is 2.19. The molecule has 0 spiro atoms. The van der Waals surface area contributed by atoms with Crippen LogP contribution in [0.5, 0.6) is 5.75 Å². The van der Waals surface area contributed by atoms with Crippen molar-refractivity contribution in [3.05, 3.63) is 29.8 Å². The molecule has 0 saturated heterocycles. The van der Waals surface area contributed by atoms with Gasteiger partial charge in [0.15, 0.2) is 0 Å². The quantitative estimate of drug-likeness (QED) is 0.724. The summed E-state index contributed by atoms with van der Waals surface area (Å²) in [7, 11) is 0. The Morgan fingerprint density at radius 1 is 1.19 bits per heavy atom. The van der Waals surface area contributed by atoms with Crippen molar-refractivity contribution in [3.63, 3.8) is 0 Å². The molecule has 1 aromatic rings. The maximum atomic E-state index is 11.5. The van der Waals surface area contributed by atoms with E-state index in [0.29, 0.717) is 6.54 Å². The van der Waals surface area contributed by atoms with Crippen LogP contribution in [0.15, 0.2) is 24.3 Å². The Balaban J connectivity index is 1.69. The van der Waals surface area contributed by atoms with Gasteiger partial charge in [0.05, 0.1) is 6.10 Å². The third-order valence-electron chi connectivity index (χ3n) is 3.57. The average molecular weight is 290 g/mol. The molecule has 1 aliphatic carbocycles. The Morgan fingerprint density at radius 3 is 2.43 bits per heavy atom. The highest BCUT2D eigenvalue weighted by atomic mass is 16.5. The molecule has 0 bridgehead atoms. The maximum Gasteiger partial charge on any atom is 0.223 e. The van der Waals surface area contributed by atoms with Crippen LogP contribution >= 0.6 is 0 Å². The van der Waals surface area contributed by atoms with E-state index in [1.165, 1.54) is 5.56 Å². The molecular formula is C17H26N2O2. The smallest absolute Gasteiger partial charge is 0.223 e. The molecule has 0 aliphatic heterocycles. The van der Waals surface area contributed by atoms with Crippen LogP contribution in [0.4, 0.5) is 0 Å². The summed E-state index contributed by atoms with van der Waals surface area (Å²) in [5.74, 6) is 1.40. The van der Waals surface area contributed by atoms with Crippen LogP contribution in [0.2, 0.25) is 0 Å². The fourth-order valence-electron chi connectivity index (χ4n) is 2.19. The molecule has 1 fully saturated rings. The Bertz CT molecular complexity index is 452. The number of ether oxygens (including phenoxy) is 1. The minimum absolute atomic E-state index is 0.196. The lowest BCUT2D eigenvalue weighted by Crippen LogP contribution is -2.33. The molecule has 1 aliphatic rings. The first-order valence-electron chi connectivity index (χ1n) is 7.84. The van der Waals surface area contributed by atoms with Gasteiger partial charge in [-0.3, -0.25) is 4.79 Å². The minimum atomic E-state index is 0.196. The van der Waals surface area contributed by atoms with E-state index in [2.05, 4.69) is 29.7 Å². The first kappa shape index (κ1) is 15.8. The molecule has 116 valence electrons. The van der Waals surface area contributed by atoms with Crippen molar-refractivity contribution < 1.29 is 9.53 Å². The molecule has 1 atom stereocenters. The number of carbonyl (C=O) groups excluding carboxylic acids is 1. The Kier molecular flexibility index (Phi) is 5.62. The Labute approximate surface area is 127 Å². The van der Waals surface area contributed by atoms with Crippen LogP contribution in [0.1, 0.15) is 45.2 Å². The van der Waals surface area contributed by atoms with Crippen molar-refractivity contribution in [1.29, 1.82) is 0 Å². The van der Waals surface area contributed by atoms with Crippen molar-refractivity contribution >= 4 is 5.91 Å². The molecule has 2 rings (SSSR count). The van der Waals surface area contributed by atoms with Crippen LogP contribution in [-0.2, 0) is 4.79 Å². The average Bonchev–Trinajstić information content (AvgIpc) is 3.28. The van der Waals surface area contributed by atoms with Gasteiger partial charge in [-0.2, -0.15) is 0 Å². The zero-order valence-corrected chi connectivity index (χ0v) is 13.2. The standard InChI is InChI=1S/C17H26N2O2/c1-12(2)21-16-8-6-14(7-9-16)13(3)18-10-11-19-17(20)15-4-5-15/h6-9,12-13,15,18H,4-5,10-11H2,1-3H3,(H,19,20). The van der Waals surface area contributed by atoms with Gasteiger partial charge in [0.25, 0.3) is 0 Å². The lowest BCUT2D eigenvalue weighted by Gasteiger charge is -2.16. The summed E-state index contributed by atoms with van der Waals surface area (Å²) in [6.45, 7) is 7.64. The van der Waals surface area contributed by atoms with Gasteiger partial charge < -0.3 is 15.4 Å². The van der Waals surface area contributed by atoms with Gasteiger partial charge in [-0.15, -0.1) is 0 Å². The maximum absolute atomic E-state index is 11.5. The number of nitrogens with one attached hydrogen (secondary N) is 2. The molecule has 0 aromatic heterocycles. The largest absolute Gasteiger partial charge is 0.491 e. The summed E-state index contributed by atoms with van der Waals surface area (Å²) < 4.78 is 5.63. The van der Waals surface area contributed by atoms with E-state index in [4.69, 9.17) is 4.74 Å². The van der Waals surface area contributed by atoms with Crippen molar-refractivity contribution in [3.8, 4) is 5.75 Å². The highest BCUT2D eigenvalue weighted by molar-refractivity contribution is 5.80. The lowest BCUT2D eigenvalue weighted by molar-refractivity contribution is -0.122. The predicted octanol–water partition coefficient (Wildman–Crippen LogP) is 2.65. The van der Waals surface area contributed by atoms with Crippen molar-refractivity contribution in [1.82, 2.24) is 10.6 Å². The van der Waals surface area contributed by atoms with E-state index < -0.39 is 0 Å². The fraction of sp³-hybridized carbons (Fsp3) is 0.588. The molecule has 21 heavy (non-hydrogen) atoms. The second-order valence-corrected chi connectivity index (χ2v) is 5.98. The zero-order chi connectivity index (χ0) is 15.2. The van der Waals surface area contributed by atoms with Gasteiger partial charge >= 0.3 is 0 Å². The molecule has 4 heteroatoms. The highest BCUT2D eigenvalue weighted by Crippen LogP contribution is 2.28. The lowest BCUT2D eigenvalue weighted by atomic mass is 10.1. The molecule has 1 amide bonds. The van der Waals surface area contributed by atoms with Crippen molar-refractivity contribution in [2.45, 2.75) is 45.8 Å². The summed E-state index contributed by atoms with van der Waals surface area (Å²) in [4.78, 5) is 11.5. The van der Waals surface area contributed by atoms with Gasteiger partial charge in [0.2, 0.25) is 5.91 Å². The van der Waals surface area contributed by atoms with E-state index in [-0.39, 0.29) is 24.0 Å². The van der Waals surface area contributed by atoms with E-state index >= 15 is 0 Å². The van der Waals surface area contributed by atoms with E-state index in [0.717, 1.165) is 25.1 Å². The second-order valence-electron chi connectivity index (χ2n) is 5.98. The number of amides is 1. The highest BCUT2D eigenvalue weighted by Gasteiger charge is 2.28. The summed E-state index contributed by atoms with van der Waals surface area (Å²) >= 11 is 0. The van der Waals surface area contributed by atoms with Gasteiger partial charge in [-0.25, -0.2) is 0 Å². The minimum Gasteiger partial charge on any atom is -0.491 e. The van der Waals surface area contributed by atoms with E-state index in [9.17, 15) is 4.79 Å². The summed E-state index contributed by atoms with van der Waals surface area (Å²) in [5.41, 5.74) is 1.22. The van der Waals surface area contributed by atoms with Crippen LogP contribution < -0.4 is 15.4 Å². The molecule has 1 unspecified atom stereocenters. The third-order valence-corrected chi connectivity index (χ3v) is 3.57. The van der Waals surface area contributed by atoms with E-state index in [1.54, 1.807) is 0 Å². The second kappa shape index (κ2) is 7.46. The number of rotatable bonds is 8. The normalized spacial score (nSPS) is 15.8. The van der Waals surface area contributed by atoms with Gasteiger partial charge in [-0.1, -0.05) is 12.1 Å². The number of carbonyl (C=O) groups is 1. The molecule has 0 radical (unpaired) electrons.